The zero-order chi connectivity index (χ0) is 14.7. The summed E-state index contributed by atoms with van der Waals surface area (Å²) in [4.78, 5) is 27.3. The third-order valence-corrected chi connectivity index (χ3v) is 4.02. The van der Waals surface area contributed by atoms with E-state index in [-0.39, 0.29) is 18.1 Å². The molecule has 1 heterocycles. The quantitative estimate of drug-likeness (QED) is 0.733. The van der Waals surface area contributed by atoms with Crippen LogP contribution in [0.2, 0.25) is 0 Å². The number of carbonyl (C=O) groups is 2. The summed E-state index contributed by atoms with van der Waals surface area (Å²) in [5, 5.41) is 11.9. The number of urea groups is 1. The van der Waals surface area contributed by atoms with Gasteiger partial charge in [-0.25, -0.2) is 4.79 Å². The molecular formula is C14H23N3O3. The Morgan fingerprint density at radius 2 is 2.05 bits per heavy atom. The topological polar surface area (TPSA) is 72.9 Å². The first-order chi connectivity index (χ1) is 9.47. The van der Waals surface area contributed by atoms with Crippen LogP contribution in [0, 0.1) is 5.92 Å². The second kappa shape index (κ2) is 6.26. The molecule has 3 unspecified atom stereocenters. The zero-order valence-corrected chi connectivity index (χ0v) is 12.1. The van der Waals surface area contributed by atoms with Crippen LogP contribution in [-0.4, -0.2) is 65.7 Å². The number of carboxylic acids is 1. The summed E-state index contributed by atoms with van der Waals surface area (Å²) >= 11 is 0. The Balaban J connectivity index is 1.89. The smallest absolute Gasteiger partial charge is 0.318 e. The number of amides is 2. The van der Waals surface area contributed by atoms with Gasteiger partial charge >= 0.3 is 12.0 Å². The number of nitrogens with zero attached hydrogens (tertiary/aromatic N) is 2. The van der Waals surface area contributed by atoms with Gasteiger partial charge in [-0.05, 0) is 33.4 Å². The first-order valence-corrected chi connectivity index (χ1v) is 7.14. The lowest BCUT2D eigenvalue weighted by atomic mass is 10.1. The average molecular weight is 281 g/mol. The van der Waals surface area contributed by atoms with Crippen LogP contribution in [0.3, 0.4) is 0 Å². The molecule has 1 aliphatic heterocycles. The molecule has 0 radical (unpaired) electrons. The lowest BCUT2D eigenvalue weighted by molar-refractivity contribution is -0.140. The Morgan fingerprint density at radius 3 is 2.70 bits per heavy atom. The zero-order valence-electron chi connectivity index (χ0n) is 12.1. The van der Waals surface area contributed by atoms with E-state index in [1.54, 1.807) is 12.2 Å². The van der Waals surface area contributed by atoms with Crippen molar-refractivity contribution in [1.82, 2.24) is 15.1 Å². The number of rotatable bonds is 2. The van der Waals surface area contributed by atoms with E-state index in [1.807, 2.05) is 11.8 Å². The minimum atomic E-state index is -0.831. The fourth-order valence-corrected chi connectivity index (χ4v) is 2.90. The molecule has 6 nitrogen and oxygen atoms in total. The lowest BCUT2D eigenvalue weighted by Crippen LogP contribution is -2.49. The van der Waals surface area contributed by atoms with Crippen LogP contribution in [0.4, 0.5) is 4.79 Å². The highest BCUT2D eigenvalue weighted by Gasteiger charge is 2.29. The Hall–Kier alpha value is -1.56. The highest BCUT2D eigenvalue weighted by molar-refractivity contribution is 5.76. The molecule has 2 aliphatic rings. The maximum atomic E-state index is 12.3. The Kier molecular flexibility index (Phi) is 4.65. The number of nitrogens with one attached hydrogen (secondary N) is 1. The van der Waals surface area contributed by atoms with Crippen LogP contribution >= 0.6 is 0 Å². The molecule has 0 saturated carbocycles. The summed E-state index contributed by atoms with van der Waals surface area (Å²) in [6.45, 7) is 4.66. The van der Waals surface area contributed by atoms with Crippen LogP contribution in [0.15, 0.2) is 12.2 Å². The standard InChI is InChI=1S/C14H23N3O3/c1-10-9-16(2)6-3-7-17(10)14(20)15-12-5-4-11(8-12)13(18)19/h4-5,10-12H,3,6-9H2,1-2H3,(H,15,20)(H,18,19). The number of carbonyl (C=O) groups excluding carboxylic acids is 1. The Bertz CT molecular complexity index is 410. The van der Waals surface area contributed by atoms with E-state index < -0.39 is 11.9 Å². The minimum Gasteiger partial charge on any atom is -0.481 e. The molecule has 20 heavy (non-hydrogen) atoms. The highest BCUT2D eigenvalue weighted by Crippen LogP contribution is 2.18. The average Bonchev–Trinajstić information content (AvgIpc) is 2.75. The summed E-state index contributed by atoms with van der Waals surface area (Å²) in [5.41, 5.74) is 0. The van der Waals surface area contributed by atoms with Crippen LogP contribution in [-0.2, 0) is 4.79 Å². The van der Waals surface area contributed by atoms with Crippen molar-refractivity contribution in [2.45, 2.75) is 31.8 Å². The molecule has 3 atom stereocenters. The summed E-state index contributed by atoms with van der Waals surface area (Å²) in [5.74, 6) is -1.31. The number of hydrogen-bond donors (Lipinski definition) is 2. The largest absolute Gasteiger partial charge is 0.481 e. The van der Waals surface area contributed by atoms with E-state index in [9.17, 15) is 9.59 Å². The Labute approximate surface area is 119 Å². The molecule has 1 fully saturated rings. The molecule has 0 aromatic rings. The number of likely N-dealkylation sites (N-methyl/N-ethyl adjacent to an activating group) is 1. The van der Waals surface area contributed by atoms with Gasteiger partial charge in [0.05, 0.1) is 12.0 Å². The lowest BCUT2D eigenvalue weighted by Gasteiger charge is -2.29. The van der Waals surface area contributed by atoms with Gasteiger partial charge in [-0.15, -0.1) is 0 Å². The van der Waals surface area contributed by atoms with Gasteiger partial charge in [0.25, 0.3) is 0 Å². The summed E-state index contributed by atoms with van der Waals surface area (Å²) < 4.78 is 0. The van der Waals surface area contributed by atoms with Gasteiger partial charge in [-0.2, -0.15) is 0 Å². The molecule has 0 aromatic heterocycles. The number of aliphatic carboxylic acids is 1. The predicted octanol–water partition coefficient (Wildman–Crippen LogP) is 0.751. The van der Waals surface area contributed by atoms with Crippen molar-refractivity contribution in [3.8, 4) is 0 Å². The van der Waals surface area contributed by atoms with Gasteiger partial charge in [0.1, 0.15) is 0 Å². The molecule has 2 amide bonds. The molecule has 0 bridgehead atoms. The van der Waals surface area contributed by atoms with Crippen molar-refractivity contribution in [2.24, 2.45) is 5.92 Å². The second-order valence-corrected chi connectivity index (χ2v) is 5.78. The van der Waals surface area contributed by atoms with Gasteiger partial charge in [0.2, 0.25) is 0 Å². The molecule has 2 rings (SSSR count). The van der Waals surface area contributed by atoms with Crippen molar-refractivity contribution < 1.29 is 14.7 Å². The van der Waals surface area contributed by atoms with Gasteiger partial charge in [-0.1, -0.05) is 12.2 Å². The number of hydrogen-bond acceptors (Lipinski definition) is 3. The number of carboxylic acid groups (broad SMARTS) is 1. The fourth-order valence-electron chi connectivity index (χ4n) is 2.90. The van der Waals surface area contributed by atoms with E-state index in [4.69, 9.17) is 5.11 Å². The van der Waals surface area contributed by atoms with Gasteiger partial charge in [0.15, 0.2) is 0 Å². The summed E-state index contributed by atoms with van der Waals surface area (Å²) in [6.07, 6.45) is 4.86. The highest BCUT2D eigenvalue weighted by atomic mass is 16.4. The molecule has 6 heteroatoms. The van der Waals surface area contributed by atoms with Gasteiger partial charge in [0, 0.05) is 19.1 Å². The molecule has 112 valence electrons. The van der Waals surface area contributed by atoms with E-state index in [0.717, 1.165) is 26.1 Å². The van der Waals surface area contributed by atoms with Gasteiger partial charge < -0.3 is 20.2 Å². The molecule has 0 aromatic carbocycles. The third kappa shape index (κ3) is 3.50. The van der Waals surface area contributed by atoms with E-state index in [1.165, 1.54) is 0 Å². The summed E-state index contributed by atoms with van der Waals surface area (Å²) in [6, 6.07) is -0.0894. The maximum absolute atomic E-state index is 12.3. The van der Waals surface area contributed by atoms with Crippen molar-refractivity contribution in [1.29, 1.82) is 0 Å². The fraction of sp³-hybridized carbons (Fsp3) is 0.714. The maximum Gasteiger partial charge on any atom is 0.318 e. The van der Waals surface area contributed by atoms with Crippen molar-refractivity contribution in [3.05, 3.63) is 12.2 Å². The molecule has 1 saturated heterocycles. The molecule has 2 N–H and O–H groups in total. The molecular weight excluding hydrogens is 258 g/mol. The molecule has 0 spiro atoms. The van der Waals surface area contributed by atoms with E-state index in [0.29, 0.717) is 6.42 Å². The van der Waals surface area contributed by atoms with Crippen LogP contribution in [0.5, 0.6) is 0 Å². The van der Waals surface area contributed by atoms with Gasteiger partial charge in [-0.3, -0.25) is 4.79 Å². The van der Waals surface area contributed by atoms with E-state index >= 15 is 0 Å². The summed E-state index contributed by atoms with van der Waals surface area (Å²) in [7, 11) is 2.06. The Morgan fingerprint density at radius 1 is 1.30 bits per heavy atom. The molecule has 1 aliphatic carbocycles. The minimum absolute atomic E-state index is 0.0894. The van der Waals surface area contributed by atoms with Crippen LogP contribution in [0.1, 0.15) is 19.8 Å². The first kappa shape index (κ1) is 14.8. The van der Waals surface area contributed by atoms with E-state index in [2.05, 4.69) is 17.3 Å². The predicted molar refractivity (Wildman–Crippen MR) is 75.5 cm³/mol. The van der Waals surface area contributed by atoms with Crippen LogP contribution < -0.4 is 5.32 Å². The van der Waals surface area contributed by atoms with Crippen molar-refractivity contribution in [3.63, 3.8) is 0 Å². The SMILES string of the molecule is CC1CN(C)CCCN1C(=O)NC1C=CC(C(=O)O)C1. The third-order valence-electron chi connectivity index (χ3n) is 4.02. The monoisotopic (exact) mass is 281 g/mol. The normalized spacial score (nSPS) is 31.1. The second-order valence-electron chi connectivity index (χ2n) is 5.78. The van der Waals surface area contributed by atoms with Crippen molar-refractivity contribution in [2.75, 3.05) is 26.7 Å². The first-order valence-electron chi connectivity index (χ1n) is 7.14. The van der Waals surface area contributed by atoms with Crippen LogP contribution in [0.25, 0.3) is 0 Å². The van der Waals surface area contributed by atoms with Crippen molar-refractivity contribution >= 4 is 12.0 Å².